The van der Waals surface area contributed by atoms with Crippen LogP contribution in [0.5, 0.6) is 0 Å². The molecule has 0 unspecified atom stereocenters. The van der Waals surface area contributed by atoms with Gasteiger partial charge in [-0.3, -0.25) is 0 Å². The molecule has 0 saturated heterocycles. The number of sulfonamides is 2. The number of nitrogens with one attached hydrogen (secondary N) is 3. The Morgan fingerprint density at radius 1 is 0.688 bits per heavy atom. The molecule has 0 bridgehead atoms. The van der Waals surface area contributed by atoms with Crippen molar-refractivity contribution in [1.82, 2.24) is 9.44 Å². The molecule has 0 aromatic heterocycles. The first-order valence-electron chi connectivity index (χ1n) is 24.6. The molecule has 13 nitrogen and oxygen atoms in total. The number of hydrogen-bond donors (Lipinski definition) is 3. The van der Waals surface area contributed by atoms with Gasteiger partial charge in [-0.25, -0.2) is 49.0 Å². The maximum atomic E-state index is 15.8. The molecule has 7 rings (SSSR count). The van der Waals surface area contributed by atoms with Crippen LogP contribution in [0.25, 0.3) is 33.4 Å². The van der Waals surface area contributed by atoms with E-state index >= 15 is 17.6 Å². The number of alkyl carbamates (subject to hydrolysis) is 1. The van der Waals surface area contributed by atoms with Crippen molar-refractivity contribution in [1.29, 1.82) is 0 Å². The van der Waals surface area contributed by atoms with Crippen LogP contribution in [0.2, 0.25) is 0 Å². The number of amides is 1. The fourth-order valence-electron chi connectivity index (χ4n) is 8.71. The number of esters is 1. The van der Waals surface area contributed by atoms with Gasteiger partial charge in [-0.15, -0.1) is 15.9 Å². The minimum absolute atomic E-state index is 0.0667. The summed E-state index contributed by atoms with van der Waals surface area (Å²) in [5.41, 5.74) is 7.43. The predicted octanol–water partition coefficient (Wildman–Crippen LogP) is 13.4. The Morgan fingerprint density at radius 2 is 1.29 bits per heavy atom. The Kier molecular flexibility index (Phi) is 18.1. The fraction of sp³-hybridized carbons (Fsp3) is 0.281. The highest BCUT2D eigenvalue weighted by Gasteiger charge is 2.37. The van der Waals surface area contributed by atoms with E-state index in [-0.39, 0.29) is 71.1 Å². The summed E-state index contributed by atoms with van der Waals surface area (Å²) in [7, 11) is -11.4. The lowest BCUT2D eigenvalue weighted by Crippen LogP contribution is -2.33. The van der Waals surface area contributed by atoms with Gasteiger partial charge >= 0.3 is 12.1 Å². The molecule has 0 saturated carbocycles. The smallest absolute Gasteiger partial charge is 0.407 e. The lowest BCUT2D eigenvalue weighted by atomic mass is 9.92. The number of anilines is 2. The van der Waals surface area contributed by atoms with Gasteiger partial charge in [-0.1, -0.05) is 117 Å². The van der Waals surface area contributed by atoms with Gasteiger partial charge in [-0.05, 0) is 76.3 Å². The quantitative estimate of drug-likeness (QED) is 0.0126. The molecule has 0 fully saturated rings. The number of rotatable bonds is 20. The van der Waals surface area contributed by atoms with Gasteiger partial charge in [0.15, 0.2) is 28.2 Å². The van der Waals surface area contributed by atoms with Gasteiger partial charge < -0.3 is 24.5 Å². The molecule has 5 aromatic rings. The maximum absolute atomic E-state index is 15.8. The first kappa shape index (κ1) is 57.7. The number of thioether (sulfide) groups is 1. The van der Waals surface area contributed by atoms with Crippen molar-refractivity contribution in [2.45, 2.75) is 93.7 Å². The molecule has 77 heavy (non-hydrogen) atoms. The van der Waals surface area contributed by atoms with E-state index in [9.17, 15) is 26.4 Å². The van der Waals surface area contributed by atoms with Crippen molar-refractivity contribution >= 4 is 71.9 Å². The molecule has 0 spiro atoms. The second-order valence-corrected chi connectivity index (χ2v) is 23.7. The lowest BCUT2D eigenvalue weighted by molar-refractivity contribution is -0.137. The molecule has 406 valence electrons. The second kappa shape index (κ2) is 24.1. The molecule has 3 N–H and O–H groups in total. The summed E-state index contributed by atoms with van der Waals surface area (Å²) >= 11 is 0.152. The van der Waals surface area contributed by atoms with Crippen molar-refractivity contribution in [3.05, 3.63) is 161 Å². The van der Waals surface area contributed by atoms with Crippen LogP contribution in [0.1, 0.15) is 101 Å². The molecular weight excluding hydrogens is 1060 g/mol. The Labute approximate surface area is 449 Å². The molecule has 1 amide bonds. The molecule has 1 heterocycles. The molecule has 20 heteroatoms. The third kappa shape index (κ3) is 12.7. The van der Waals surface area contributed by atoms with Crippen LogP contribution in [-0.4, -0.2) is 54.4 Å². The summed E-state index contributed by atoms with van der Waals surface area (Å²) in [6.45, 7) is 19.0. The molecule has 1 aliphatic heterocycles. The number of hydrogen-bond acceptors (Lipinski definition) is 12. The number of nitrogens with zero attached hydrogens (tertiary/aromatic N) is 1. The third-order valence-electron chi connectivity index (χ3n) is 12.4. The van der Waals surface area contributed by atoms with Crippen molar-refractivity contribution in [3.63, 3.8) is 0 Å². The van der Waals surface area contributed by atoms with E-state index in [1.807, 2.05) is 24.3 Å². The van der Waals surface area contributed by atoms with Gasteiger partial charge in [0.25, 0.3) is 20.0 Å². The van der Waals surface area contributed by atoms with Crippen LogP contribution in [0.15, 0.2) is 134 Å². The molecule has 0 atom stereocenters. The van der Waals surface area contributed by atoms with Gasteiger partial charge in [0.1, 0.15) is 24.6 Å². The van der Waals surface area contributed by atoms with E-state index in [0.29, 0.717) is 22.0 Å². The number of carbonyl (C=O) groups excluding carboxylic acids is 2. The second-order valence-electron chi connectivity index (χ2n) is 19.1. The van der Waals surface area contributed by atoms with Gasteiger partial charge in [-0.2, -0.15) is 0 Å². The lowest BCUT2D eigenvalue weighted by Gasteiger charge is -2.22. The Hall–Kier alpha value is -7.00. The topological polar surface area (TPSA) is 182 Å². The van der Waals surface area contributed by atoms with Crippen LogP contribution in [0.4, 0.5) is 39.4 Å². The highest BCUT2D eigenvalue weighted by atomic mass is 32.3. The average molecular weight is 1120 g/mol. The molecule has 5 aromatic carbocycles. The molecular formula is C57H58F4N4O9S3. The first-order valence-corrected chi connectivity index (χ1v) is 28.5. The normalized spacial score (nSPS) is 12.3. The zero-order valence-electron chi connectivity index (χ0n) is 43.5. The zero-order valence-corrected chi connectivity index (χ0v) is 46.0. The monoisotopic (exact) mass is 1110 g/mol. The SMILES string of the molecule is C=CC(=O)OCCNC(=O)OCCSc1c(F)c(F)c(S(=O)(=O)NS(=O)(=O)c2ccccc2-c2c3cc/c(=N/c4c(C(C)C)cccc4C(C)C)cc-3oc3cc(Nc4c(C(C)C)cccc4C(C)C)ccc23)c(F)c1F. The highest BCUT2D eigenvalue weighted by molar-refractivity contribution is 8.04. The summed E-state index contributed by atoms with van der Waals surface area (Å²) in [4.78, 5) is 24.0. The first-order chi connectivity index (χ1) is 36.4. The summed E-state index contributed by atoms with van der Waals surface area (Å²) in [5.74, 6) is -9.46. The van der Waals surface area contributed by atoms with Crippen molar-refractivity contribution in [3.8, 4) is 22.5 Å². The zero-order chi connectivity index (χ0) is 56.1. The summed E-state index contributed by atoms with van der Waals surface area (Å²) in [5, 5.41) is 6.75. The molecule has 2 aliphatic rings. The van der Waals surface area contributed by atoms with E-state index in [0.717, 1.165) is 45.8 Å². The van der Waals surface area contributed by atoms with Crippen molar-refractivity contribution < 1.29 is 57.9 Å². The largest absolute Gasteiger partial charge is 0.461 e. The van der Waals surface area contributed by atoms with E-state index in [1.165, 1.54) is 22.3 Å². The average Bonchev–Trinajstić information content (AvgIpc) is 3.39. The summed E-state index contributed by atoms with van der Waals surface area (Å²) in [6.07, 6.45) is -0.107. The Bertz CT molecular complexity index is 3600. The van der Waals surface area contributed by atoms with Gasteiger partial charge in [0, 0.05) is 57.4 Å². The Balaban J connectivity index is 1.30. The number of fused-ring (bicyclic) bond motifs is 2. The number of benzene rings is 6. The van der Waals surface area contributed by atoms with Crippen LogP contribution in [0, 0.1) is 23.3 Å². The highest BCUT2D eigenvalue weighted by Crippen LogP contribution is 2.45. The van der Waals surface area contributed by atoms with E-state index in [4.69, 9.17) is 18.9 Å². The van der Waals surface area contributed by atoms with Crippen molar-refractivity contribution in [2.24, 2.45) is 4.99 Å². The van der Waals surface area contributed by atoms with Crippen LogP contribution in [-0.2, 0) is 34.3 Å². The minimum atomic E-state index is -5.97. The molecule has 0 radical (unpaired) electrons. The van der Waals surface area contributed by atoms with Gasteiger partial charge in [0.2, 0.25) is 0 Å². The van der Waals surface area contributed by atoms with Crippen LogP contribution in [0.3, 0.4) is 0 Å². The standard InChI is InChI=1S/C57H58F4N4O9S3/c1-10-47(66)72-26-25-62-57(67)73-27-28-75-55-49(58)51(60)56(52(61)50(55)59)77(70,71)65-76(68,69)46-20-12-11-15-43(46)48-41-23-21-35(63-53-37(31(2)3)16-13-17-38(53)32(4)5)29-44(41)74-45-30-36(22-24-42(45)48)64-54-39(33(6)7)18-14-19-40(54)34(8)9/h10-24,29-34,63,65H,1,25-28H2,2-9H3,(H,62,67)/b64-36-. The van der Waals surface area contributed by atoms with E-state index < -0.39 is 82.4 Å². The van der Waals surface area contributed by atoms with Crippen molar-refractivity contribution in [2.75, 3.05) is 30.8 Å². The maximum Gasteiger partial charge on any atom is 0.407 e. The van der Waals surface area contributed by atoms with Gasteiger partial charge in [0.05, 0.1) is 27.4 Å². The van der Waals surface area contributed by atoms with Crippen LogP contribution >= 0.6 is 11.8 Å². The summed E-state index contributed by atoms with van der Waals surface area (Å²) < 4.78 is 137. The third-order valence-corrected chi connectivity index (χ3v) is 17.0. The fourth-order valence-corrected chi connectivity index (χ4v) is 12.7. The number of ether oxygens (including phenoxy) is 2. The predicted molar refractivity (Wildman–Crippen MR) is 291 cm³/mol. The Morgan fingerprint density at radius 3 is 1.88 bits per heavy atom. The van der Waals surface area contributed by atoms with Crippen LogP contribution < -0.4 is 20.1 Å². The molecule has 1 aliphatic carbocycles. The van der Waals surface area contributed by atoms with E-state index in [2.05, 4.69) is 84.7 Å². The minimum Gasteiger partial charge on any atom is -0.461 e. The number of para-hydroxylation sites is 2. The number of halogens is 4. The summed E-state index contributed by atoms with van der Waals surface area (Å²) in [6, 6.07) is 28.0. The number of carbonyl (C=O) groups is 2. The van der Waals surface area contributed by atoms with E-state index in [1.54, 1.807) is 36.4 Å².